The summed E-state index contributed by atoms with van der Waals surface area (Å²) in [6.07, 6.45) is 2.92. The standard InChI is InChI=1S/C30H33NO8/c1-21(29(34)31-26(20-38-30(31)35)23-11-6-3-7-12-23)28-27(33)15-14-24(39-28)13-8-16-36-19-25(17-32)37-18-22-9-4-2-5-10-22/h2-7,9-15,21,25-26,28,32H,8,16-20H2,1H3/t21-,25+,26+,28+/m0/s1. The molecular weight excluding hydrogens is 502 g/mol. The molecule has 39 heavy (non-hydrogen) atoms. The van der Waals surface area contributed by atoms with E-state index in [0.717, 1.165) is 16.0 Å². The SMILES string of the molecule is C[C@H](C(=O)N1C(=O)OC[C@@H]1c1ccccc1)[C@H]1OC(=CCCOC[C@@H](CO)OCc2ccccc2)C=CC1=O. The topological polar surface area (TPSA) is 112 Å². The van der Waals surface area contributed by atoms with Crippen LogP contribution in [0.3, 0.4) is 0 Å². The molecular formula is C30H33NO8. The first kappa shape index (κ1) is 28.2. The summed E-state index contributed by atoms with van der Waals surface area (Å²) in [5.74, 6) is -1.36. The minimum absolute atomic E-state index is 0.0558. The van der Waals surface area contributed by atoms with Crippen molar-refractivity contribution in [3.8, 4) is 0 Å². The lowest BCUT2D eigenvalue weighted by molar-refractivity contribution is -0.142. The van der Waals surface area contributed by atoms with Crippen LogP contribution >= 0.6 is 0 Å². The summed E-state index contributed by atoms with van der Waals surface area (Å²) >= 11 is 0. The number of aliphatic hydroxyl groups is 1. The Morgan fingerprint density at radius 3 is 2.54 bits per heavy atom. The molecule has 9 nitrogen and oxygen atoms in total. The third kappa shape index (κ3) is 7.41. The third-order valence-electron chi connectivity index (χ3n) is 6.54. The Labute approximate surface area is 227 Å². The molecule has 2 amide bonds. The van der Waals surface area contributed by atoms with Gasteiger partial charge in [0.25, 0.3) is 0 Å². The van der Waals surface area contributed by atoms with Gasteiger partial charge < -0.3 is 24.1 Å². The zero-order valence-electron chi connectivity index (χ0n) is 21.8. The van der Waals surface area contributed by atoms with Crippen LogP contribution in [0.5, 0.6) is 0 Å². The van der Waals surface area contributed by atoms with Crippen LogP contribution in [0.25, 0.3) is 0 Å². The van der Waals surface area contributed by atoms with Gasteiger partial charge in [0.2, 0.25) is 5.91 Å². The van der Waals surface area contributed by atoms with Gasteiger partial charge in [0.1, 0.15) is 24.5 Å². The molecule has 2 aromatic carbocycles. The van der Waals surface area contributed by atoms with Gasteiger partial charge >= 0.3 is 6.09 Å². The van der Waals surface area contributed by atoms with E-state index in [1.807, 2.05) is 60.7 Å². The Morgan fingerprint density at radius 1 is 1.10 bits per heavy atom. The maximum Gasteiger partial charge on any atom is 0.417 e. The first-order valence-corrected chi connectivity index (χ1v) is 13.0. The van der Waals surface area contributed by atoms with Gasteiger partial charge in [-0.15, -0.1) is 0 Å². The van der Waals surface area contributed by atoms with E-state index in [4.69, 9.17) is 18.9 Å². The molecule has 0 aromatic heterocycles. The molecule has 2 aliphatic heterocycles. The number of ketones is 1. The highest BCUT2D eigenvalue weighted by Crippen LogP contribution is 2.31. The fourth-order valence-electron chi connectivity index (χ4n) is 4.34. The molecule has 2 heterocycles. The van der Waals surface area contributed by atoms with Crippen LogP contribution in [0.15, 0.2) is 84.7 Å². The quantitative estimate of drug-likeness (QED) is 0.409. The van der Waals surface area contributed by atoms with Crippen LogP contribution in [0, 0.1) is 5.92 Å². The number of benzene rings is 2. The zero-order valence-corrected chi connectivity index (χ0v) is 21.8. The van der Waals surface area contributed by atoms with Gasteiger partial charge in [0.15, 0.2) is 11.9 Å². The number of imide groups is 1. The summed E-state index contributed by atoms with van der Waals surface area (Å²) in [5, 5.41) is 9.55. The van der Waals surface area contributed by atoms with Gasteiger partial charge in [-0.1, -0.05) is 60.7 Å². The summed E-state index contributed by atoms with van der Waals surface area (Å²) in [4.78, 5) is 39.4. The first-order chi connectivity index (χ1) is 19.0. The molecule has 1 N–H and O–H groups in total. The Bertz CT molecular complexity index is 1180. The fourth-order valence-corrected chi connectivity index (χ4v) is 4.34. The van der Waals surface area contributed by atoms with Gasteiger partial charge in [-0.05, 0) is 42.7 Å². The number of ether oxygens (including phenoxy) is 4. The zero-order chi connectivity index (χ0) is 27.6. The van der Waals surface area contributed by atoms with Crippen molar-refractivity contribution in [3.05, 3.63) is 95.8 Å². The fraction of sp³-hybridized carbons (Fsp3) is 0.367. The smallest absolute Gasteiger partial charge is 0.417 e. The molecule has 2 aromatic rings. The number of amides is 2. The van der Waals surface area contributed by atoms with Crippen LogP contribution in [0.1, 0.15) is 30.5 Å². The third-order valence-corrected chi connectivity index (χ3v) is 6.54. The van der Waals surface area contributed by atoms with E-state index in [1.165, 1.54) is 6.08 Å². The summed E-state index contributed by atoms with van der Waals surface area (Å²) in [6.45, 7) is 2.42. The normalized spacial score (nSPS) is 21.5. The Kier molecular flexibility index (Phi) is 10.0. The largest absolute Gasteiger partial charge is 0.482 e. The van der Waals surface area contributed by atoms with Crippen molar-refractivity contribution in [3.63, 3.8) is 0 Å². The Hall–Kier alpha value is -3.79. The molecule has 0 aliphatic carbocycles. The molecule has 4 atom stereocenters. The van der Waals surface area contributed by atoms with E-state index in [2.05, 4.69) is 0 Å². The van der Waals surface area contributed by atoms with Crippen molar-refractivity contribution in [2.75, 3.05) is 26.4 Å². The average molecular weight is 536 g/mol. The molecule has 0 bridgehead atoms. The van der Waals surface area contributed by atoms with Crippen molar-refractivity contribution >= 4 is 17.8 Å². The van der Waals surface area contributed by atoms with Gasteiger partial charge in [0, 0.05) is 0 Å². The Morgan fingerprint density at radius 2 is 1.82 bits per heavy atom. The number of carbonyl (C=O) groups excluding carboxylic acids is 3. The minimum Gasteiger partial charge on any atom is -0.482 e. The number of hydrogen-bond donors (Lipinski definition) is 1. The number of hydrogen-bond acceptors (Lipinski definition) is 8. The van der Waals surface area contributed by atoms with Crippen molar-refractivity contribution in [2.24, 2.45) is 5.92 Å². The van der Waals surface area contributed by atoms with E-state index < -0.39 is 36.2 Å². The molecule has 0 radical (unpaired) electrons. The number of allylic oxidation sites excluding steroid dienone is 1. The molecule has 206 valence electrons. The number of rotatable bonds is 12. The molecule has 1 fully saturated rings. The van der Waals surface area contributed by atoms with Crippen LogP contribution in [0.4, 0.5) is 4.79 Å². The van der Waals surface area contributed by atoms with E-state index in [9.17, 15) is 19.5 Å². The van der Waals surface area contributed by atoms with E-state index in [1.54, 1.807) is 19.1 Å². The predicted molar refractivity (Wildman–Crippen MR) is 141 cm³/mol. The van der Waals surface area contributed by atoms with Crippen molar-refractivity contribution in [1.29, 1.82) is 0 Å². The van der Waals surface area contributed by atoms with Crippen LogP contribution in [0.2, 0.25) is 0 Å². The van der Waals surface area contributed by atoms with Gasteiger partial charge in [-0.3, -0.25) is 9.59 Å². The van der Waals surface area contributed by atoms with Crippen LogP contribution in [-0.4, -0.2) is 66.4 Å². The maximum atomic E-state index is 13.3. The second kappa shape index (κ2) is 13.8. The highest BCUT2D eigenvalue weighted by molar-refractivity contribution is 6.01. The average Bonchev–Trinajstić information content (AvgIpc) is 3.36. The Balaban J connectivity index is 1.27. The van der Waals surface area contributed by atoms with Gasteiger partial charge in [-0.25, -0.2) is 9.69 Å². The minimum atomic E-state index is -1.07. The lowest BCUT2D eigenvalue weighted by atomic mass is 9.96. The summed E-state index contributed by atoms with van der Waals surface area (Å²) in [5.41, 5.74) is 1.78. The lowest BCUT2D eigenvalue weighted by Gasteiger charge is -2.29. The molecule has 4 rings (SSSR count). The highest BCUT2D eigenvalue weighted by Gasteiger charge is 2.44. The van der Waals surface area contributed by atoms with Crippen molar-refractivity contribution in [2.45, 2.75) is 38.2 Å². The van der Waals surface area contributed by atoms with E-state index in [0.29, 0.717) is 25.4 Å². The number of nitrogens with zero attached hydrogens (tertiary/aromatic N) is 1. The molecule has 1 saturated heterocycles. The van der Waals surface area contributed by atoms with Crippen molar-refractivity contribution in [1.82, 2.24) is 4.90 Å². The predicted octanol–water partition coefficient (Wildman–Crippen LogP) is 3.74. The summed E-state index contributed by atoms with van der Waals surface area (Å²) < 4.78 is 22.4. The van der Waals surface area contributed by atoms with Crippen LogP contribution in [-0.2, 0) is 35.1 Å². The van der Waals surface area contributed by atoms with Gasteiger partial charge in [0.05, 0.1) is 32.3 Å². The molecule has 0 spiro atoms. The van der Waals surface area contributed by atoms with Gasteiger partial charge in [-0.2, -0.15) is 0 Å². The number of carbonyl (C=O) groups is 3. The molecule has 9 heteroatoms. The van der Waals surface area contributed by atoms with Crippen LogP contribution < -0.4 is 0 Å². The number of aliphatic hydroxyl groups excluding tert-OH is 1. The summed E-state index contributed by atoms with van der Waals surface area (Å²) in [6, 6.07) is 18.3. The molecule has 2 aliphatic rings. The lowest BCUT2D eigenvalue weighted by Crippen LogP contribution is -2.45. The highest BCUT2D eigenvalue weighted by atomic mass is 16.6. The van der Waals surface area contributed by atoms with Crippen molar-refractivity contribution < 1.29 is 38.4 Å². The maximum absolute atomic E-state index is 13.3. The first-order valence-electron chi connectivity index (χ1n) is 13.0. The van der Waals surface area contributed by atoms with E-state index >= 15 is 0 Å². The summed E-state index contributed by atoms with van der Waals surface area (Å²) in [7, 11) is 0. The second-order valence-corrected chi connectivity index (χ2v) is 9.35. The number of cyclic esters (lactones) is 1. The second-order valence-electron chi connectivity index (χ2n) is 9.35. The van der Waals surface area contributed by atoms with E-state index in [-0.39, 0.29) is 25.6 Å². The molecule has 0 saturated carbocycles. The monoisotopic (exact) mass is 535 g/mol. The molecule has 0 unspecified atom stereocenters.